The van der Waals surface area contributed by atoms with Gasteiger partial charge in [0.15, 0.2) is 0 Å². The Morgan fingerprint density at radius 1 is 0.839 bits per heavy atom. The van der Waals surface area contributed by atoms with Gasteiger partial charge in [0, 0.05) is 55.8 Å². The summed E-state index contributed by atoms with van der Waals surface area (Å²) in [6.45, 7) is 12.3. The molecule has 0 unspecified atom stereocenters. The van der Waals surface area contributed by atoms with Gasteiger partial charge in [0.2, 0.25) is 23.7 Å². The molecule has 8 N–H and O–H groups in total. The van der Waals surface area contributed by atoms with Crippen molar-refractivity contribution in [1.29, 1.82) is 0 Å². The summed E-state index contributed by atoms with van der Waals surface area (Å²) < 4.78 is 18.1. The largest absolute Gasteiger partial charge is 0.494 e. The predicted molar refractivity (Wildman–Crippen MR) is 231 cm³/mol. The summed E-state index contributed by atoms with van der Waals surface area (Å²) in [6.07, 6.45) is 4.78. The second-order valence-electron chi connectivity index (χ2n) is 15.9. The molecule has 0 atom stereocenters. The highest BCUT2D eigenvalue weighted by atomic mass is 16.5. The van der Waals surface area contributed by atoms with Gasteiger partial charge in [0.25, 0.3) is 11.8 Å². The highest BCUT2D eigenvalue weighted by Gasteiger charge is 2.44. The van der Waals surface area contributed by atoms with E-state index in [0.29, 0.717) is 64.6 Å². The van der Waals surface area contributed by atoms with Crippen LogP contribution < -0.4 is 32.6 Å². The van der Waals surface area contributed by atoms with Crippen LogP contribution in [0.3, 0.4) is 0 Å². The summed E-state index contributed by atoms with van der Waals surface area (Å²) in [6, 6.07) is 8.21. The fourth-order valence-electron chi connectivity index (χ4n) is 8.44. The van der Waals surface area contributed by atoms with Crippen LogP contribution >= 0.6 is 0 Å². The number of imidazole rings is 2. The molecule has 4 amide bonds. The van der Waals surface area contributed by atoms with E-state index in [2.05, 4.69) is 25.7 Å². The number of allylic oxidation sites excluding steroid dienone is 2. The maximum atomic E-state index is 13.9. The molecule has 2 fully saturated rings. The number of carbonyl (C=O) groups excluding carboxylic acids is 4. The molecule has 2 aromatic carbocycles. The van der Waals surface area contributed by atoms with Crippen molar-refractivity contribution in [2.24, 2.45) is 16.9 Å². The van der Waals surface area contributed by atoms with Crippen molar-refractivity contribution in [1.82, 2.24) is 43.6 Å². The summed E-state index contributed by atoms with van der Waals surface area (Å²) in [5.74, 6) is -1.47. The van der Waals surface area contributed by atoms with Crippen LogP contribution in [0.25, 0.3) is 22.1 Å². The average Bonchev–Trinajstić information content (AvgIpc) is 4.05. The lowest BCUT2D eigenvalue weighted by Gasteiger charge is -2.37. The van der Waals surface area contributed by atoms with Crippen LogP contribution in [0.15, 0.2) is 42.5 Å². The minimum absolute atomic E-state index is 0.131. The molecule has 6 heterocycles. The second-order valence-corrected chi connectivity index (χ2v) is 15.9. The minimum Gasteiger partial charge on any atom is -0.494 e. The van der Waals surface area contributed by atoms with Crippen molar-refractivity contribution in [3.63, 3.8) is 0 Å². The molecule has 0 bridgehead atoms. The van der Waals surface area contributed by atoms with Crippen LogP contribution in [0, 0.1) is 19.3 Å². The standard InChI is InChI=1S/C42H50N14O6/c1-6-55-30(14-23(3)50-55)38(59)48-40-46-28-16-25(36(44)57)15-27(19-52-13-10-42(20-52)21-62-22-42)33(28)53(40)11-8-9-12-54-34-29(17-26(37(45)58)18-31(34)61-5)47-41(54)49-39(60)35-32(43)24(4)51-56(35)7-2/h8-9,14-18H,6-7,10-13,19-22,43H2,1-5H3,(H2,44,57)(H2,45,58)(H,46,48,59)(H,47,49,60)/b9-8+. The Labute approximate surface area is 356 Å². The zero-order valence-corrected chi connectivity index (χ0v) is 35.3. The molecular weight excluding hydrogens is 797 g/mol. The van der Waals surface area contributed by atoms with Crippen molar-refractivity contribution in [3.05, 3.63) is 81.9 Å². The number of fused-ring (bicyclic) bond motifs is 2. The van der Waals surface area contributed by atoms with Gasteiger partial charge in [-0.1, -0.05) is 12.2 Å². The highest BCUT2D eigenvalue weighted by Crippen LogP contribution is 2.39. The lowest BCUT2D eigenvalue weighted by atomic mass is 9.85. The zero-order valence-electron chi connectivity index (χ0n) is 35.3. The van der Waals surface area contributed by atoms with E-state index in [1.807, 2.05) is 37.5 Å². The Kier molecular flexibility index (Phi) is 11.0. The maximum Gasteiger partial charge on any atom is 0.278 e. The molecule has 4 aromatic heterocycles. The van der Waals surface area contributed by atoms with Crippen LogP contribution in [0.2, 0.25) is 0 Å². The molecule has 0 saturated carbocycles. The molecule has 0 aliphatic carbocycles. The summed E-state index contributed by atoms with van der Waals surface area (Å²) in [7, 11) is 1.46. The number of likely N-dealkylation sites (tertiary alicyclic amines) is 1. The average molecular weight is 847 g/mol. The lowest BCUT2D eigenvalue weighted by Crippen LogP contribution is -2.44. The van der Waals surface area contributed by atoms with Gasteiger partial charge in [-0.25, -0.2) is 9.97 Å². The number of hydrogen-bond acceptors (Lipinski definition) is 12. The summed E-state index contributed by atoms with van der Waals surface area (Å²) in [5.41, 5.74) is 23.3. The molecule has 2 aliphatic rings. The van der Waals surface area contributed by atoms with Gasteiger partial charge in [-0.05, 0) is 76.6 Å². The van der Waals surface area contributed by atoms with E-state index < -0.39 is 23.6 Å². The highest BCUT2D eigenvalue weighted by molar-refractivity contribution is 6.07. The molecule has 20 nitrogen and oxygen atoms in total. The van der Waals surface area contributed by atoms with Crippen LogP contribution in [0.4, 0.5) is 17.6 Å². The topological polar surface area (TPSA) is 263 Å². The third-order valence-corrected chi connectivity index (χ3v) is 11.6. The molecule has 2 aliphatic heterocycles. The number of methoxy groups -OCH3 is 1. The Balaban J connectivity index is 1.18. The van der Waals surface area contributed by atoms with Crippen molar-refractivity contribution >= 4 is 63.3 Å². The van der Waals surface area contributed by atoms with Gasteiger partial charge in [0.05, 0.1) is 53.9 Å². The molecular formula is C42H50N14O6. The number of benzene rings is 2. The Morgan fingerprint density at radius 2 is 1.45 bits per heavy atom. The SMILES string of the molecule is CCn1nc(C)cc1C(=O)Nc1nc2cc(C(N)=O)cc(CN3CCC4(COC4)C3)c2n1C/C=C/Cn1c(NC(=O)c2c(N)c(C)nn2CC)nc2cc(C(N)=O)cc(OC)c21. The fourth-order valence-corrected chi connectivity index (χ4v) is 8.44. The molecule has 20 heteroatoms. The molecule has 8 rings (SSSR count). The first-order valence-electron chi connectivity index (χ1n) is 20.4. The smallest absolute Gasteiger partial charge is 0.278 e. The third kappa shape index (κ3) is 7.62. The number of carbonyl (C=O) groups is 4. The maximum absolute atomic E-state index is 13.9. The summed E-state index contributed by atoms with van der Waals surface area (Å²) in [4.78, 5) is 64.6. The number of nitrogens with two attached hydrogens (primary N) is 3. The Morgan fingerprint density at radius 3 is 2.03 bits per heavy atom. The van der Waals surface area contributed by atoms with Crippen molar-refractivity contribution in [2.75, 3.05) is 49.8 Å². The molecule has 6 aromatic rings. The third-order valence-electron chi connectivity index (χ3n) is 11.6. The monoisotopic (exact) mass is 846 g/mol. The number of anilines is 3. The number of nitrogen functional groups attached to an aromatic ring is 1. The summed E-state index contributed by atoms with van der Waals surface area (Å²) in [5, 5.41) is 14.7. The number of aryl methyl sites for hydroxylation is 4. The number of amides is 4. The van der Waals surface area contributed by atoms with Crippen LogP contribution in [0.5, 0.6) is 5.75 Å². The first-order valence-corrected chi connectivity index (χ1v) is 20.4. The van der Waals surface area contributed by atoms with Crippen LogP contribution in [0.1, 0.15) is 78.9 Å². The number of primary amides is 2. The summed E-state index contributed by atoms with van der Waals surface area (Å²) >= 11 is 0. The van der Waals surface area contributed by atoms with E-state index in [1.54, 1.807) is 34.4 Å². The Hall–Kier alpha value is -7.06. The zero-order chi connectivity index (χ0) is 44.0. The molecule has 1 spiro atoms. The van der Waals surface area contributed by atoms with Crippen LogP contribution in [-0.4, -0.2) is 101 Å². The van der Waals surface area contributed by atoms with Crippen molar-refractivity contribution in [3.8, 4) is 5.75 Å². The van der Waals surface area contributed by atoms with E-state index in [4.69, 9.17) is 36.6 Å². The van der Waals surface area contributed by atoms with E-state index in [1.165, 1.54) is 23.9 Å². The number of ether oxygens (including phenoxy) is 2. The quantitative estimate of drug-likeness (QED) is 0.0934. The molecule has 324 valence electrons. The van der Waals surface area contributed by atoms with Crippen molar-refractivity contribution < 1.29 is 28.7 Å². The second kappa shape index (κ2) is 16.4. The Bertz CT molecular complexity index is 2810. The number of nitrogens with zero attached hydrogens (tertiary/aromatic N) is 9. The lowest BCUT2D eigenvalue weighted by molar-refractivity contribution is -0.105. The first-order chi connectivity index (χ1) is 29.7. The van der Waals surface area contributed by atoms with Gasteiger partial charge in [-0.2, -0.15) is 10.2 Å². The van der Waals surface area contributed by atoms with E-state index >= 15 is 0 Å². The van der Waals surface area contributed by atoms with E-state index in [0.717, 1.165) is 43.8 Å². The normalized spacial score (nSPS) is 14.9. The van der Waals surface area contributed by atoms with Gasteiger partial charge in [0.1, 0.15) is 22.7 Å². The fraction of sp³-hybridized carbons (Fsp3) is 0.381. The van der Waals surface area contributed by atoms with Crippen molar-refractivity contribution in [2.45, 2.75) is 66.8 Å². The van der Waals surface area contributed by atoms with Gasteiger partial charge in [-0.3, -0.25) is 44.1 Å². The van der Waals surface area contributed by atoms with E-state index in [-0.39, 0.29) is 47.3 Å². The van der Waals surface area contributed by atoms with Gasteiger partial charge < -0.3 is 35.8 Å². The molecule has 0 radical (unpaired) electrons. The predicted octanol–water partition coefficient (Wildman–Crippen LogP) is 3.21. The number of nitrogens with one attached hydrogen (secondary N) is 2. The van der Waals surface area contributed by atoms with Gasteiger partial charge >= 0.3 is 0 Å². The molecule has 62 heavy (non-hydrogen) atoms. The number of hydrogen-bond donors (Lipinski definition) is 5. The molecule has 2 saturated heterocycles. The number of aromatic nitrogens is 8. The van der Waals surface area contributed by atoms with Crippen LogP contribution in [-0.2, 0) is 37.5 Å². The van der Waals surface area contributed by atoms with Gasteiger partial charge in [-0.15, -0.1) is 0 Å². The minimum atomic E-state index is -0.673. The first kappa shape index (κ1) is 41.7. The van der Waals surface area contributed by atoms with E-state index in [9.17, 15) is 19.2 Å². The number of rotatable bonds is 15.